The number of hydrogen-bond donors (Lipinski definition) is 1. The summed E-state index contributed by atoms with van der Waals surface area (Å²) in [4.78, 5) is 11.1. The lowest BCUT2D eigenvalue weighted by atomic mass is 10.0. The molecule has 0 radical (unpaired) electrons. The van der Waals surface area contributed by atoms with Gasteiger partial charge < -0.3 is 5.11 Å². The Balaban J connectivity index is 3.06. The summed E-state index contributed by atoms with van der Waals surface area (Å²) < 4.78 is 0. The summed E-state index contributed by atoms with van der Waals surface area (Å²) in [5.74, 6) is -0.976. The molecule has 1 aromatic rings. The molecule has 0 heterocycles. The molecule has 0 spiro atoms. The van der Waals surface area contributed by atoms with Crippen molar-refractivity contribution in [2.24, 2.45) is 0 Å². The van der Waals surface area contributed by atoms with Gasteiger partial charge in [-0.25, -0.2) is 4.79 Å². The van der Waals surface area contributed by atoms with Crippen LogP contribution < -0.4 is 0 Å². The fourth-order valence-corrected chi connectivity index (χ4v) is 1.32. The number of rotatable bonds is 4. The monoisotopic (exact) mass is 227 g/mol. The Morgan fingerprint density at radius 2 is 2.06 bits per heavy atom. The van der Waals surface area contributed by atoms with Crippen molar-refractivity contribution in [2.45, 2.75) is 13.3 Å². The lowest BCUT2D eigenvalue weighted by molar-refractivity contribution is -0.130. The number of benzene rings is 1. The molecule has 1 aromatic carbocycles. The van der Waals surface area contributed by atoms with E-state index in [1.54, 1.807) is 36.4 Å². The maximum absolute atomic E-state index is 11.1. The number of aliphatic carboxylic acids is 1. The third-order valence-corrected chi connectivity index (χ3v) is 2.19. The first kappa shape index (κ1) is 12.7. The first-order chi connectivity index (χ1) is 8.19. The van der Waals surface area contributed by atoms with Gasteiger partial charge in [-0.2, -0.15) is 5.26 Å². The van der Waals surface area contributed by atoms with Crippen molar-refractivity contribution in [3.05, 3.63) is 53.6 Å². The van der Waals surface area contributed by atoms with Gasteiger partial charge in [0.1, 0.15) is 0 Å². The highest BCUT2D eigenvalue weighted by atomic mass is 16.4. The molecule has 0 aromatic heterocycles. The zero-order valence-electron chi connectivity index (χ0n) is 9.55. The van der Waals surface area contributed by atoms with Crippen LogP contribution in [0.25, 0.3) is 5.57 Å². The normalized spacial score (nSPS) is 11.4. The zero-order chi connectivity index (χ0) is 12.7. The summed E-state index contributed by atoms with van der Waals surface area (Å²) >= 11 is 0. The molecule has 3 nitrogen and oxygen atoms in total. The quantitative estimate of drug-likeness (QED) is 0.635. The summed E-state index contributed by atoms with van der Waals surface area (Å²) in [7, 11) is 0. The molecule has 0 unspecified atom stereocenters. The average molecular weight is 227 g/mol. The first-order valence-corrected chi connectivity index (χ1v) is 5.29. The summed E-state index contributed by atoms with van der Waals surface area (Å²) in [5.41, 5.74) is 1.33. The van der Waals surface area contributed by atoms with Crippen LogP contribution in [0.2, 0.25) is 0 Å². The van der Waals surface area contributed by atoms with E-state index in [1.807, 2.05) is 19.1 Å². The summed E-state index contributed by atoms with van der Waals surface area (Å²) in [6.45, 7) is 1.98. The van der Waals surface area contributed by atoms with Crippen molar-refractivity contribution >= 4 is 11.5 Å². The number of carbonyl (C=O) groups is 1. The van der Waals surface area contributed by atoms with Gasteiger partial charge in [0.25, 0.3) is 0 Å². The molecule has 0 amide bonds. The molecule has 0 aliphatic rings. The minimum atomic E-state index is -0.976. The van der Waals surface area contributed by atoms with Gasteiger partial charge >= 0.3 is 5.97 Å². The van der Waals surface area contributed by atoms with Gasteiger partial charge in [0.15, 0.2) is 0 Å². The summed E-state index contributed by atoms with van der Waals surface area (Å²) in [6, 6.07) is 8.48. The second kappa shape index (κ2) is 6.29. The fourth-order valence-electron chi connectivity index (χ4n) is 1.32. The maximum atomic E-state index is 11.1. The molecule has 0 saturated heterocycles. The van der Waals surface area contributed by atoms with E-state index in [1.165, 1.54) is 0 Å². The van der Waals surface area contributed by atoms with Crippen molar-refractivity contribution in [2.75, 3.05) is 0 Å². The Kier molecular flexibility index (Phi) is 4.71. The largest absolute Gasteiger partial charge is 0.478 e. The molecular weight excluding hydrogens is 214 g/mol. The third-order valence-electron chi connectivity index (χ3n) is 2.19. The maximum Gasteiger partial charge on any atom is 0.336 e. The lowest BCUT2D eigenvalue weighted by Gasteiger charge is -2.01. The molecule has 0 atom stereocenters. The van der Waals surface area contributed by atoms with E-state index in [-0.39, 0.29) is 5.57 Å². The Morgan fingerprint density at radius 1 is 1.41 bits per heavy atom. The van der Waals surface area contributed by atoms with Crippen molar-refractivity contribution in [3.63, 3.8) is 0 Å². The molecule has 1 N–H and O–H groups in total. The van der Waals surface area contributed by atoms with Crippen LogP contribution in [-0.4, -0.2) is 11.1 Å². The number of carboxylic acids is 1. The molecule has 0 saturated carbocycles. The Hall–Kier alpha value is -2.34. The van der Waals surface area contributed by atoms with E-state index in [9.17, 15) is 4.79 Å². The number of nitriles is 1. The van der Waals surface area contributed by atoms with Gasteiger partial charge in [0.05, 0.1) is 17.2 Å². The minimum Gasteiger partial charge on any atom is -0.478 e. The molecule has 3 heteroatoms. The van der Waals surface area contributed by atoms with Crippen LogP contribution in [0.1, 0.15) is 24.5 Å². The van der Waals surface area contributed by atoms with Crippen LogP contribution in [-0.2, 0) is 4.79 Å². The highest BCUT2D eigenvalue weighted by molar-refractivity contribution is 6.15. The second-order valence-corrected chi connectivity index (χ2v) is 3.41. The molecule has 0 aliphatic heterocycles. The molecule has 86 valence electrons. The standard InChI is InChI=1S/C14H13NO2/c1-2-3-4-5-13(14(16)17)12-8-6-11(10-15)7-9-12/h3-9H,2H2,1H3,(H,16,17). The van der Waals surface area contributed by atoms with Crippen molar-refractivity contribution in [1.82, 2.24) is 0 Å². The highest BCUT2D eigenvalue weighted by Crippen LogP contribution is 2.15. The van der Waals surface area contributed by atoms with Crippen molar-refractivity contribution in [3.8, 4) is 6.07 Å². The van der Waals surface area contributed by atoms with E-state index in [0.717, 1.165) is 6.42 Å². The van der Waals surface area contributed by atoms with E-state index in [4.69, 9.17) is 10.4 Å². The predicted octanol–water partition coefficient (Wildman–Crippen LogP) is 2.99. The topological polar surface area (TPSA) is 61.1 Å². The highest BCUT2D eigenvalue weighted by Gasteiger charge is 2.08. The fraction of sp³-hybridized carbons (Fsp3) is 0.143. The summed E-state index contributed by atoms with van der Waals surface area (Å²) in [5, 5.41) is 17.7. The molecule has 17 heavy (non-hydrogen) atoms. The van der Waals surface area contributed by atoms with Crippen LogP contribution in [0.4, 0.5) is 0 Å². The number of nitrogens with zero attached hydrogens (tertiary/aromatic N) is 1. The molecule has 0 aliphatic carbocycles. The molecule has 0 bridgehead atoms. The second-order valence-electron chi connectivity index (χ2n) is 3.41. The Morgan fingerprint density at radius 3 is 2.53 bits per heavy atom. The van der Waals surface area contributed by atoms with E-state index in [2.05, 4.69) is 0 Å². The minimum absolute atomic E-state index is 0.221. The van der Waals surface area contributed by atoms with Crippen LogP contribution in [0, 0.1) is 11.3 Å². The Labute approximate surface area is 100 Å². The number of carboxylic acid groups (broad SMARTS) is 1. The van der Waals surface area contributed by atoms with Crippen LogP contribution in [0.15, 0.2) is 42.5 Å². The number of hydrogen-bond acceptors (Lipinski definition) is 2. The Bertz CT molecular complexity index is 490. The van der Waals surface area contributed by atoms with Gasteiger partial charge in [-0.05, 0) is 30.2 Å². The van der Waals surface area contributed by atoms with Gasteiger partial charge in [0, 0.05) is 0 Å². The van der Waals surface area contributed by atoms with Crippen LogP contribution in [0.3, 0.4) is 0 Å². The van der Waals surface area contributed by atoms with Gasteiger partial charge in [-0.1, -0.05) is 31.2 Å². The zero-order valence-corrected chi connectivity index (χ0v) is 9.55. The first-order valence-electron chi connectivity index (χ1n) is 5.29. The van der Waals surface area contributed by atoms with E-state index < -0.39 is 5.97 Å². The van der Waals surface area contributed by atoms with Crippen molar-refractivity contribution in [1.29, 1.82) is 5.26 Å². The average Bonchev–Trinajstić information content (AvgIpc) is 2.34. The predicted molar refractivity (Wildman–Crippen MR) is 66.2 cm³/mol. The van der Waals surface area contributed by atoms with Gasteiger partial charge in [-0.3, -0.25) is 0 Å². The molecule has 1 rings (SSSR count). The van der Waals surface area contributed by atoms with Gasteiger partial charge in [0.2, 0.25) is 0 Å². The van der Waals surface area contributed by atoms with E-state index >= 15 is 0 Å². The van der Waals surface area contributed by atoms with Crippen molar-refractivity contribution < 1.29 is 9.90 Å². The third kappa shape index (κ3) is 3.62. The van der Waals surface area contributed by atoms with Gasteiger partial charge in [-0.15, -0.1) is 0 Å². The van der Waals surface area contributed by atoms with E-state index in [0.29, 0.717) is 11.1 Å². The molecular formula is C14H13NO2. The SMILES string of the molecule is CCC=CC=C(C(=O)O)c1ccc(C#N)cc1. The van der Waals surface area contributed by atoms with Crippen LogP contribution in [0.5, 0.6) is 0 Å². The smallest absolute Gasteiger partial charge is 0.336 e. The molecule has 0 fully saturated rings. The number of allylic oxidation sites excluding steroid dienone is 3. The van der Waals surface area contributed by atoms with Crippen LogP contribution >= 0.6 is 0 Å². The summed E-state index contributed by atoms with van der Waals surface area (Å²) in [6.07, 6.45) is 6.03. The lowest BCUT2D eigenvalue weighted by Crippen LogP contribution is -1.99.